The standard InChI is InChI=1S/C54H35NO/c1-2-11-37(12-3-1)45-14-6-7-15-46(45)39-27-32-44(33-28-39)55(50-18-10-20-52-54(50)49-17-8-9-19-51(49)56-52)43-30-25-36(26-31-43)41-29-34-48-42(35-41)24-23-40-22-21-38-13-4-5-16-47(38)53(40)48/h1-35H. The van der Waals surface area contributed by atoms with Crippen LogP contribution in [0.15, 0.2) is 217 Å². The molecule has 2 nitrogen and oxygen atoms in total. The first kappa shape index (κ1) is 32.0. The van der Waals surface area contributed by atoms with E-state index >= 15 is 0 Å². The van der Waals surface area contributed by atoms with Gasteiger partial charge < -0.3 is 9.32 Å². The normalized spacial score (nSPS) is 11.6. The van der Waals surface area contributed by atoms with Crippen molar-refractivity contribution in [1.82, 2.24) is 0 Å². The molecule has 0 saturated carbocycles. The van der Waals surface area contributed by atoms with E-state index in [0.29, 0.717) is 0 Å². The van der Waals surface area contributed by atoms with E-state index in [4.69, 9.17) is 4.42 Å². The van der Waals surface area contributed by atoms with Gasteiger partial charge in [0.2, 0.25) is 0 Å². The highest BCUT2D eigenvalue weighted by molar-refractivity contribution is 6.20. The van der Waals surface area contributed by atoms with Gasteiger partial charge in [0.05, 0.1) is 11.1 Å². The van der Waals surface area contributed by atoms with Crippen molar-refractivity contribution < 1.29 is 4.42 Å². The molecule has 0 aliphatic heterocycles. The molecule has 0 radical (unpaired) electrons. The molecule has 0 saturated heterocycles. The molecule has 0 bridgehead atoms. The first-order chi connectivity index (χ1) is 27.8. The Balaban J connectivity index is 1.02. The van der Waals surface area contributed by atoms with Crippen molar-refractivity contribution in [1.29, 1.82) is 0 Å². The summed E-state index contributed by atoms with van der Waals surface area (Å²) >= 11 is 0. The molecule has 0 fully saturated rings. The number of hydrogen-bond donors (Lipinski definition) is 0. The first-order valence-electron chi connectivity index (χ1n) is 19.2. The lowest BCUT2D eigenvalue weighted by Crippen LogP contribution is -2.10. The van der Waals surface area contributed by atoms with E-state index in [1.54, 1.807) is 0 Å². The fourth-order valence-electron chi connectivity index (χ4n) is 8.58. The Bertz CT molecular complexity index is 3230. The van der Waals surface area contributed by atoms with Crippen LogP contribution >= 0.6 is 0 Å². The fourth-order valence-corrected chi connectivity index (χ4v) is 8.58. The predicted molar refractivity (Wildman–Crippen MR) is 237 cm³/mol. The highest BCUT2D eigenvalue weighted by atomic mass is 16.3. The van der Waals surface area contributed by atoms with Gasteiger partial charge in [-0.25, -0.2) is 0 Å². The minimum absolute atomic E-state index is 0.871. The molecule has 0 amide bonds. The van der Waals surface area contributed by atoms with Crippen LogP contribution in [0.5, 0.6) is 0 Å². The Morgan fingerprint density at radius 3 is 1.62 bits per heavy atom. The van der Waals surface area contributed by atoms with Crippen molar-refractivity contribution in [2.24, 2.45) is 0 Å². The maximum Gasteiger partial charge on any atom is 0.137 e. The van der Waals surface area contributed by atoms with Crippen LogP contribution in [0.25, 0.3) is 87.6 Å². The van der Waals surface area contributed by atoms with Crippen molar-refractivity contribution >= 4 is 71.3 Å². The lowest BCUT2D eigenvalue weighted by molar-refractivity contribution is 0.669. The number of benzene rings is 10. The summed E-state index contributed by atoms with van der Waals surface area (Å²) in [5.74, 6) is 0. The van der Waals surface area contributed by atoms with Crippen LogP contribution in [0.4, 0.5) is 17.1 Å². The third-order valence-electron chi connectivity index (χ3n) is 11.3. The Morgan fingerprint density at radius 1 is 0.304 bits per heavy atom. The second kappa shape index (κ2) is 13.2. The summed E-state index contributed by atoms with van der Waals surface area (Å²) in [5.41, 5.74) is 12.1. The number of rotatable bonds is 6. The molecule has 10 aromatic carbocycles. The van der Waals surface area contributed by atoms with E-state index in [0.717, 1.165) is 39.0 Å². The number of nitrogens with zero attached hydrogens (tertiary/aromatic N) is 1. The van der Waals surface area contributed by atoms with E-state index in [1.807, 2.05) is 12.1 Å². The summed E-state index contributed by atoms with van der Waals surface area (Å²) < 4.78 is 6.38. The van der Waals surface area contributed by atoms with Gasteiger partial charge in [-0.05, 0) is 114 Å². The number of para-hydroxylation sites is 1. The quantitative estimate of drug-likeness (QED) is 0.160. The second-order valence-corrected chi connectivity index (χ2v) is 14.5. The maximum atomic E-state index is 6.38. The van der Waals surface area contributed by atoms with Gasteiger partial charge in [0.1, 0.15) is 11.2 Å². The zero-order valence-electron chi connectivity index (χ0n) is 30.6. The van der Waals surface area contributed by atoms with E-state index < -0.39 is 0 Å². The Morgan fingerprint density at radius 2 is 0.857 bits per heavy atom. The zero-order chi connectivity index (χ0) is 37.0. The van der Waals surface area contributed by atoms with Crippen LogP contribution < -0.4 is 4.90 Å². The van der Waals surface area contributed by atoms with Crippen LogP contribution in [0, 0.1) is 0 Å². The molecule has 0 N–H and O–H groups in total. The molecule has 0 aliphatic carbocycles. The molecule has 0 spiro atoms. The van der Waals surface area contributed by atoms with Gasteiger partial charge in [-0.1, -0.05) is 164 Å². The number of furan rings is 1. The largest absolute Gasteiger partial charge is 0.456 e. The lowest BCUT2D eigenvalue weighted by atomic mass is 9.94. The van der Waals surface area contributed by atoms with E-state index in [-0.39, 0.29) is 0 Å². The number of hydrogen-bond acceptors (Lipinski definition) is 2. The van der Waals surface area contributed by atoms with Gasteiger partial charge in [0.25, 0.3) is 0 Å². The third kappa shape index (κ3) is 5.34. The summed E-state index contributed by atoms with van der Waals surface area (Å²) in [4.78, 5) is 2.36. The van der Waals surface area contributed by atoms with Crippen LogP contribution in [0.3, 0.4) is 0 Å². The molecule has 11 aromatic rings. The minimum atomic E-state index is 0.871. The van der Waals surface area contributed by atoms with Crippen molar-refractivity contribution in [2.45, 2.75) is 0 Å². The van der Waals surface area contributed by atoms with Gasteiger partial charge in [-0.2, -0.15) is 0 Å². The smallest absolute Gasteiger partial charge is 0.137 e. The van der Waals surface area contributed by atoms with Crippen LogP contribution in [-0.2, 0) is 0 Å². The summed E-state index contributed by atoms with van der Waals surface area (Å²) in [6.07, 6.45) is 0. The van der Waals surface area contributed by atoms with Crippen LogP contribution in [0.1, 0.15) is 0 Å². The predicted octanol–water partition coefficient (Wildman–Crippen LogP) is 15.5. The zero-order valence-corrected chi connectivity index (χ0v) is 30.6. The van der Waals surface area contributed by atoms with E-state index in [9.17, 15) is 0 Å². The minimum Gasteiger partial charge on any atom is -0.456 e. The maximum absolute atomic E-state index is 6.38. The van der Waals surface area contributed by atoms with Crippen molar-refractivity contribution in [2.75, 3.05) is 4.90 Å². The summed E-state index contributed by atoms with van der Waals surface area (Å²) in [6.45, 7) is 0. The topological polar surface area (TPSA) is 16.4 Å². The Labute approximate surface area is 325 Å². The van der Waals surface area contributed by atoms with Gasteiger partial charge in [0, 0.05) is 16.8 Å². The molecule has 1 heterocycles. The lowest BCUT2D eigenvalue weighted by Gasteiger charge is -2.27. The molecular weight excluding hydrogens is 679 g/mol. The molecular formula is C54H35NO. The van der Waals surface area contributed by atoms with Gasteiger partial charge in [-0.15, -0.1) is 0 Å². The third-order valence-corrected chi connectivity index (χ3v) is 11.3. The number of anilines is 3. The highest BCUT2D eigenvalue weighted by Crippen LogP contribution is 2.44. The van der Waals surface area contributed by atoms with E-state index in [1.165, 1.54) is 65.7 Å². The van der Waals surface area contributed by atoms with Crippen molar-refractivity contribution in [3.8, 4) is 33.4 Å². The second-order valence-electron chi connectivity index (χ2n) is 14.5. The molecule has 262 valence electrons. The average Bonchev–Trinajstić information content (AvgIpc) is 3.66. The van der Waals surface area contributed by atoms with Crippen molar-refractivity contribution in [3.63, 3.8) is 0 Å². The Kier molecular flexibility index (Phi) is 7.53. The van der Waals surface area contributed by atoms with Gasteiger partial charge in [-0.3, -0.25) is 0 Å². The Hall–Kier alpha value is -7.42. The van der Waals surface area contributed by atoms with Crippen LogP contribution in [0.2, 0.25) is 0 Å². The van der Waals surface area contributed by atoms with Crippen molar-refractivity contribution in [3.05, 3.63) is 212 Å². The summed E-state index contributed by atoms with van der Waals surface area (Å²) in [7, 11) is 0. The highest BCUT2D eigenvalue weighted by Gasteiger charge is 2.20. The summed E-state index contributed by atoms with van der Waals surface area (Å²) in [6, 6.07) is 76.4. The molecule has 0 unspecified atom stereocenters. The van der Waals surface area contributed by atoms with Gasteiger partial charge in [0.15, 0.2) is 0 Å². The van der Waals surface area contributed by atoms with Gasteiger partial charge >= 0.3 is 0 Å². The first-order valence-corrected chi connectivity index (χ1v) is 19.2. The van der Waals surface area contributed by atoms with Crippen LogP contribution in [-0.4, -0.2) is 0 Å². The average molecular weight is 714 g/mol. The molecule has 0 aliphatic rings. The molecule has 0 atom stereocenters. The monoisotopic (exact) mass is 713 g/mol. The SMILES string of the molecule is c1ccc(-c2ccccc2-c2ccc(N(c3ccc(-c4ccc5c(ccc6ccc7ccccc7c65)c4)cc3)c3cccc4oc5ccccc5c34)cc2)cc1. The molecule has 1 aromatic heterocycles. The molecule has 11 rings (SSSR count). The fraction of sp³-hybridized carbons (Fsp3) is 0. The molecule has 56 heavy (non-hydrogen) atoms. The molecule has 2 heteroatoms. The number of fused-ring (bicyclic) bond motifs is 8. The summed E-state index contributed by atoms with van der Waals surface area (Å²) in [5, 5.41) is 9.86. The van der Waals surface area contributed by atoms with E-state index in [2.05, 4.69) is 205 Å².